The molecular formula is C37H39N3O5. The van der Waals surface area contributed by atoms with Crippen LogP contribution in [0.2, 0.25) is 0 Å². The molecule has 45 heavy (non-hydrogen) atoms. The lowest BCUT2D eigenvalue weighted by atomic mass is 9.90. The normalized spacial score (nSPS) is 15.7. The number of rotatable bonds is 6. The Labute approximate surface area is 264 Å². The molecule has 8 heteroatoms. The van der Waals surface area contributed by atoms with Crippen LogP contribution >= 0.6 is 0 Å². The highest BCUT2D eigenvalue weighted by Crippen LogP contribution is 2.35. The van der Waals surface area contributed by atoms with Crippen LogP contribution in [0.3, 0.4) is 0 Å². The van der Waals surface area contributed by atoms with Crippen LogP contribution in [-0.4, -0.2) is 51.5 Å². The Hall–Kier alpha value is -4.85. The summed E-state index contributed by atoms with van der Waals surface area (Å²) in [5, 5.41) is 0. The topological polar surface area (TPSA) is 81.1 Å². The van der Waals surface area contributed by atoms with Crippen molar-refractivity contribution in [2.24, 2.45) is 7.05 Å². The van der Waals surface area contributed by atoms with Crippen molar-refractivity contribution in [3.63, 3.8) is 0 Å². The predicted molar refractivity (Wildman–Crippen MR) is 172 cm³/mol. The van der Waals surface area contributed by atoms with Gasteiger partial charge in [0, 0.05) is 55.2 Å². The second-order valence-electron chi connectivity index (χ2n) is 11.9. The van der Waals surface area contributed by atoms with Crippen LogP contribution in [-0.2, 0) is 49.1 Å². The zero-order chi connectivity index (χ0) is 31.7. The highest BCUT2D eigenvalue weighted by molar-refractivity contribution is 6.02. The fourth-order valence-electron chi connectivity index (χ4n) is 6.44. The van der Waals surface area contributed by atoms with Crippen LogP contribution in [0, 0.1) is 6.92 Å². The van der Waals surface area contributed by atoms with Crippen LogP contribution in [0.25, 0.3) is 11.3 Å². The quantitative estimate of drug-likeness (QED) is 0.236. The molecule has 0 aliphatic carbocycles. The highest BCUT2D eigenvalue weighted by atomic mass is 16.6. The van der Waals surface area contributed by atoms with E-state index >= 15 is 0 Å². The van der Waals surface area contributed by atoms with Gasteiger partial charge in [-0.25, -0.2) is 9.59 Å². The summed E-state index contributed by atoms with van der Waals surface area (Å²) in [5.41, 5.74) is 8.69. The second kappa shape index (κ2) is 12.6. The van der Waals surface area contributed by atoms with Crippen LogP contribution in [0.4, 0.5) is 4.79 Å². The molecule has 3 aromatic carbocycles. The average Bonchev–Trinajstić information content (AvgIpc) is 3.36. The molecule has 0 saturated carbocycles. The van der Waals surface area contributed by atoms with Crippen LogP contribution in [0.1, 0.15) is 68.1 Å². The van der Waals surface area contributed by atoms with Crippen molar-refractivity contribution in [1.29, 1.82) is 0 Å². The fraction of sp³-hybridized carbons (Fsp3) is 0.324. The molecule has 4 aromatic rings. The van der Waals surface area contributed by atoms with Gasteiger partial charge in [0.15, 0.2) is 0 Å². The zero-order valence-electron chi connectivity index (χ0n) is 26.3. The first-order valence-electron chi connectivity index (χ1n) is 15.6. The number of hydrogen-bond donors (Lipinski definition) is 0. The van der Waals surface area contributed by atoms with Crippen molar-refractivity contribution in [2.45, 2.75) is 59.4 Å². The Kier molecular flexibility index (Phi) is 8.48. The van der Waals surface area contributed by atoms with Crippen molar-refractivity contribution in [1.82, 2.24) is 14.4 Å². The van der Waals surface area contributed by atoms with Crippen LogP contribution < -0.4 is 0 Å². The summed E-state index contributed by atoms with van der Waals surface area (Å²) in [6.07, 6.45) is 1.03. The number of carbonyl (C=O) groups is 3. The number of aromatic nitrogens is 1. The van der Waals surface area contributed by atoms with Crippen molar-refractivity contribution in [3.05, 3.63) is 117 Å². The third-order valence-electron chi connectivity index (χ3n) is 9.12. The molecule has 232 valence electrons. The van der Waals surface area contributed by atoms with Gasteiger partial charge in [0.25, 0.3) is 5.91 Å². The summed E-state index contributed by atoms with van der Waals surface area (Å²) in [5.74, 6) is -0.455. The number of esters is 1. The first kappa shape index (κ1) is 30.2. The molecule has 0 saturated heterocycles. The number of ether oxygens (including phenoxy) is 2. The third-order valence-corrected chi connectivity index (χ3v) is 9.12. The lowest BCUT2D eigenvalue weighted by molar-refractivity contribution is 0.0524. The molecule has 2 aliphatic heterocycles. The van der Waals surface area contributed by atoms with Crippen LogP contribution in [0.15, 0.2) is 72.8 Å². The standard InChI is InChI=1S/C37H39N3O5/c1-5-44-36(42)31-20-34(38(4)25(31)3)32-18-28-15-16-39(37(43)45-23-26-11-7-6-8-12-26)21-30(28)19-33(32)35(41)40-22-29-14-10-9-13-27(29)17-24(40)2/h6-14,18-20,24H,5,15-17,21-23H2,1-4H3/t24-/m1/s1. The number of carbonyl (C=O) groups excluding carboxylic acids is 3. The average molecular weight is 606 g/mol. The number of fused-ring (bicyclic) bond motifs is 2. The van der Waals surface area contributed by atoms with E-state index in [1.165, 1.54) is 5.56 Å². The van der Waals surface area contributed by atoms with E-state index in [1.807, 2.05) is 78.0 Å². The Balaban J connectivity index is 1.36. The molecule has 0 bridgehead atoms. The van der Waals surface area contributed by atoms with Gasteiger partial charge in [0.1, 0.15) is 6.61 Å². The Morgan fingerprint density at radius 3 is 2.33 bits per heavy atom. The molecule has 0 N–H and O–H groups in total. The van der Waals surface area contributed by atoms with E-state index in [0.29, 0.717) is 37.2 Å². The molecule has 0 radical (unpaired) electrons. The summed E-state index contributed by atoms with van der Waals surface area (Å²) in [6.45, 7) is 7.62. The molecule has 2 amide bonds. The van der Waals surface area contributed by atoms with E-state index in [0.717, 1.165) is 45.6 Å². The van der Waals surface area contributed by atoms with Gasteiger partial charge in [-0.2, -0.15) is 0 Å². The molecule has 6 rings (SSSR count). The largest absolute Gasteiger partial charge is 0.462 e. The monoisotopic (exact) mass is 605 g/mol. The van der Waals surface area contributed by atoms with E-state index in [2.05, 4.69) is 25.1 Å². The van der Waals surface area contributed by atoms with Gasteiger partial charge in [0.05, 0.1) is 12.2 Å². The minimum absolute atomic E-state index is 0.00554. The first-order chi connectivity index (χ1) is 21.7. The Morgan fingerprint density at radius 1 is 0.844 bits per heavy atom. The van der Waals surface area contributed by atoms with Gasteiger partial charge in [0.2, 0.25) is 0 Å². The molecular weight excluding hydrogens is 566 g/mol. The molecule has 2 aliphatic rings. The van der Waals surface area contributed by atoms with Crippen molar-refractivity contribution < 1.29 is 23.9 Å². The Morgan fingerprint density at radius 2 is 1.58 bits per heavy atom. The van der Waals surface area contributed by atoms with Gasteiger partial charge in [-0.05, 0) is 79.6 Å². The summed E-state index contributed by atoms with van der Waals surface area (Å²) in [4.78, 5) is 44.1. The third kappa shape index (κ3) is 5.97. The molecule has 0 unspecified atom stereocenters. The maximum absolute atomic E-state index is 14.5. The van der Waals surface area contributed by atoms with Crippen molar-refractivity contribution in [2.75, 3.05) is 13.2 Å². The van der Waals surface area contributed by atoms with E-state index in [9.17, 15) is 14.4 Å². The molecule has 1 aromatic heterocycles. The number of hydrogen-bond acceptors (Lipinski definition) is 5. The van der Waals surface area contributed by atoms with Gasteiger partial charge in [-0.3, -0.25) is 4.79 Å². The maximum atomic E-state index is 14.5. The minimum Gasteiger partial charge on any atom is -0.462 e. The molecule has 1 atom stereocenters. The minimum atomic E-state index is -0.381. The van der Waals surface area contributed by atoms with Crippen molar-refractivity contribution in [3.8, 4) is 11.3 Å². The smallest absolute Gasteiger partial charge is 0.410 e. The van der Waals surface area contributed by atoms with Gasteiger partial charge in [-0.15, -0.1) is 0 Å². The first-order valence-corrected chi connectivity index (χ1v) is 15.6. The number of nitrogens with zero attached hydrogens (tertiary/aromatic N) is 3. The Bertz CT molecular complexity index is 1760. The molecule has 3 heterocycles. The lowest BCUT2D eigenvalue weighted by Gasteiger charge is -2.36. The fourth-order valence-corrected chi connectivity index (χ4v) is 6.44. The van der Waals surface area contributed by atoms with Gasteiger partial charge < -0.3 is 23.8 Å². The van der Waals surface area contributed by atoms with Crippen LogP contribution in [0.5, 0.6) is 0 Å². The maximum Gasteiger partial charge on any atom is 0.410 e. The summed E-state index contributed by atoms with van der Waals surface area (Å²) < 4.78 is 12.9. The van der Waals surface area contributed by atoms with Gasteiger partial charge >= 0.3 is 12.1 Å². The number of amides is 2. The predicted octanol–water partition coefficient (Wildman–Crippen LogP) is 6.46. The summed E-state index contributed by atoms with van der Waals surface area (Å²) in [7, 11) is 1.91. The summed E-state index contributed by atoms with van der Waals surface area (Å²) in [6, 6.07) is 23.7. The number of benzene rings is 3. The van der Waals surface area contributed by atoms with Gasteiger partial charge in [-0.1, -0.05) is 54.6 Å². The molecule has 0 spiro atoms. The lowest BCUT2D eigenvalue weighted by Crippen LogP contribution is -2.43. The van der Waals surface area contributed by atoms with E-state index in [4.69, 9.17) is 9.47 Å². The highest BCUT2D eigenvalue weighted by Gasteiger charge is 2.32. The molecule has 0 fully saturated rings. The SMILES string of the molecule is CCOC(=O)c1cc(-c2cc3c(cc2C(=O)N2Cc4ccccc4C[C@H]2C)CN(C(=O)OCc2ccccc2)CC3)n(C)c1C. The summed E-state index contributed by atoms with van der Waals surface area (Å²) >= 11 is 0. The van der Waals surface area contributed by atoms with E-state index in [1.54, 1.807) is 11.8 Å². The molecule has 8 nitrogen and oxygen atoms in total. The zero-order valence-corrected chi connectivity index (χ0v) is 26.3. The van der Waals surface area contributed by atoms with E-state index < -0.39 is 0 Å². The van der Waals surface area contributed by atoms with E-state index in [-0.39, 0.29) is 37.2 Å². The second-order valence-corrected chi connectivity index (χ2v) is 11.9. The van der Waals surface area contributed by atoms with Crippen molar-refractivity contribution >= 4 is 18.0 Å².